The second kappa shape index (κ2) is 3.86. The van der Waals surface area contributed by atoms with Gasteiger partial charge in [-0.15, -0.1) is 0 Å². The number of rotatable bonds is 4. The van der Waals surface area contributed by atoms with E-state index in [2.05, 4.69) is 26.0 Å². The third-order valence-corrected chi connectivity index (χ3v) is 3.41. The van der Waals surface area contributed by atoms with E-state index in [0.717, 1.165) is 18.4 Å². The number of aliphatic hydroxyl groups is 1. The summed E-state index contributed by atoms with van der Waals surface area (Å²) < 4.78 is 5.24. The minimum absolute atomic E-state index is 0.00396. The predicted molar refractivity (Wildman–Crippen MR) is 64.5 cm³/mol. The van der Waals surface area contributed by atoms with Gasteiger partial charge in [0.15, 0.2) is 0 Å². The molecule has 0 bridgehead atoms. The van der Waals surface area contributed by atoms with Crippen molar-refractivity contribution in [2.45, 2.75) is 37.7 Å². The van der Waals surface area contributed by atoms with Crippen molar-refractivity contribution in [3.63, 3.8) is 0 Å². The molecule has 2 nitrogen and oxygen atoms in total. The van der Waals surface area contributed by atoms with Gasteiger partial charge in [0.2, 0.25) is 0 Å². The highest BCUT2D eigenvalue weighted by molar-refractivity contribution is 5.35. The zero-order valence-electron chi connectivity index (χ0n) is 10.3. The summed E-state index contributed by atoms with van der Waals surface area (Å²) in [4.78, 5) is 0. The maximum absolute atomic E-state index is 10.1. The van der Waals surface area contributed by atoms with Crippen molar-refractivity contribution in [3.05, 3.63) is 35.4 Å². The Morgan fingerprint density at radius 3 is 2.62 bits per heavy atom. The third-order valence-electron chi connectivity index (χ3n) is 3.41. The van der Waals surface area contributed by atoms with Gasteiger partial charge in [-0.05, 0) is 24.0 Å². The van der Waals surface area contributed by atoms with Gasteiger partial charge in [0.05, 0.1) is 12.2 Å². The lowest BCUT2D eigenvalue weighted by Crippen LogP contribution is -2.24. The quantitative estimate of drug-likeness (QED) is 0.845. The molecule has 0 aromatic heterocycles. The predicted octanol–water partition coefficient (Wildman–Crippen LogP) is 2.59. The molecular weight excluding hydrogens is 200 g/mol. The summed E-state index contributed by atoms with van der Waals surface area (Å²) in [5.74, 6) is 0. The maximum Gasteiger partial charge on any atom is 0.0899 e. The molecule has 1 aromatic carbocycles. The van der Waals surface area contributed by atoms with E-state index in [1.54, 1.807) is 7.11 Å². The van der Waals surface area contributed by atoms with Crippen molar-refractivity contribution in [1.82, 2.24) is 0 Å². The Bertz CT molecular complexity index is 378. The number of benzene rings is 1. The van der Waals surface area contributed by atoms with Crippen LogP contribution >= 0.6 is 0 Å². The molecule has 1 N–H and O–H groups in total. The molecule has 0 atom stereocenters. The van der Waals surface area contributed by atoms with Crippen LogP contribution in [0.1, 0.15) is 37.8 Å². The first-order chi connectivity index (χ1) is 7.48. The van der Waals surface area contributed by atoms with Crippen molar-refractivity contribution in [1.29, 1.82) is 0 Å². The summed E-state index contributed by atoms with van der Waals surface area (Å²) in [6.07, 6.45) is 1.78. The number of ether oxygens (including phenoxy) is 1. The van der Waals surface area contributed by atoms with Crippen LogP contribution in [0.3, 0.4) is 0 Å². The summed E-state index contributed by atoms with van der Waals surface area (Å²) in [5, 5.41) is 10.1. The van der Waals surface area contributed by atoms with E-state index >= 15 is 0 Å². The van der Waals surface area contributed by atoms with Crippen LogP contribution in [0.25, 0.3) is 0 Å². The van der Waals surface area contributed by atoms with Gasteiger partial charge in [-0.2, -0.15) is 0 Å². The third kappa shape index (κ3) is 2.13. The first-order valence-corrected chi connectivity index (χ1v) is 5.80. The van der Waals surface area contributed by atoms with E-state index in [4.69, 9.17) is 4.74 Å². The van der Waals surface area contributed by atoms with Crippen LogP contribution in [-0.4, -0.2) is 18.8 Å². The molecule has 0 spiro atoms. The number of methoxy groups -OCH3 is 1. The van der Waals surface area contributed by atoms with Crippen molar-refractivity contribution < 1.29 is 9.84 Å². The average molecular weight is 220 g/mol. The van der Waals surface area contributed by atoms with Crippen LogP contribution in [0.4, 0.5) is 0 Å². The molecule has 88 valence electrons. The lowest BCUT2D eigenvalue weighted by molar-refractivity contribution is 0.144. The summed E-state index contributed by atoms with van der Waals surface area (Å²) in [7, 11) is 1.72. The normalized spacial score (nSPS) is 18.5. The van der Waals surface area contributed by atoms with Crippen molar-refractivity contribution >= 4 is 0 Å². The van der Waals surface area contributed by atoms with Crippen LogP contribution < -0.4 is 0 Å². The largest absolute Gasteiger partial charge is 0.385 e. The fourth-order valence-electron chi connectivity index (χ4n) is 2.08. The number of hydrogen-bond donors (Lipinski definition) is 1. The van der Waals surface area contributed by atoms with Crippen LogP contribution in [0.15, 0.2) is 24.3 Å². The van der Waals surface area contributed by atoms with E-state index in [1.807, 2.05) is 12.1 Å². The molecule has 0 saturated heterocycles. The summed E-state index contributed by atoms with van der Waals surface area (Å²) in [6, 6.07) is 8.26. The molecule has 0 heterocycles. The van der Waals surface area contributed by atoms with Gasteiger partial charge in [0.25, 0.3) is 0 Å². The summed E-state index contributed by atoms with van der Waals surface area (Å²) in [5.41, 5.74) is 1.73. The van der Waals surface area contributed by atoms with Crippen molar-refractivity contribution in [3.8, 4) is 0 Å². The molecule has 2 heteroatoms. The fourth-order valence-corrected chi connectivity index (χ4v) is 2.08. The molecule has 1 fully saturated rings. The number of hydrogen-bond acceptors (Lipinski definition) is 2. The second-order valence-corrected chi connectivity index (χ2v) is 5.43. The molecule has 16 heavy (non-hydrogen) atoms. The molecule has 1 saturated carbocycles. The Balaban J connectivity index is 2.28. The topological polar surface area (TPSA) is 29.5 Å². The first kappa shape index (κ1) is 11.6. The highest BCUT2D eigenvalue weighted by Gasteiger charge is 2.42. The maximum atomic E-state index is 10.1. The zero-order chi connectivity index (χ0) is 11.8. The van der Waals surface area contributed by atoms with Gasteiger partial charge in [-0.25, -0.2) is 0 Å². The standard InChI is InChI=1S/C14H20O2/c1-13(2,10-16-3)11-5-4-6-12(9-11)14(15)7-8-14/h4-6,9,15H,7-8,10H2,1-3H3. The first-order valence-electron chi connectivity index (χ1n) is 5.80. The Morgan fingerprint density at radius 1 is 1.38 bits per heavy atom. The Hall–Kier alpha value is -0.860. The van der Waals surface area contributed by atoms with E-state index in [0.29, 0.717) is 6.61 Å². The Labute approximate surface area is 97.3 Å². The van der Waals surface area contributed by atoms with Gasteiger partial charge in [-0.3, -0.25) is 0 Å². The van der Waals surface area contributed by atoms with Gasteiger partial charge in [0.1, 0.15) is 0 Å². The molecule has 1 aliphatic carbocycles. The fraction of sp³-hybridized carbons (Fsp3) is 0.571. The lowest BCUT2D eigenvalue weighted by atomic mass is 9.84. The van der Waals surface area contributed by atoms with Gasteiger partial charge >= 0.3 is 0 Å². The van der Waals surface area contributed by atoms with E-state index in [1.165, 1.54) is 5.56 Å². The molecule has 0 unspecified atom stereocenters. The van der Waals surface area contributed by atoms with Gasteiger partial charge in [-0.1, -0.05) is 38.1 Å². The zero-order valence-corrected chi connectivity index (χ0v) is 10.3. The van der Waals surface area contributed by atoms with E-state index in [9.17, 15) is 5.11 Å². The van der Waals surface area contributed by atoms with Crippen molar-refractivity contribution in [2.24, 2.45) is 0 Å². The highest BCUT2D eigenvalue weighted by atomic mass is 16.5. The van der Waals surface area contributed by atoms with Gasteiger partial charge < -0.3 is 9.84 Å². The molecule has 0 radical (unpaired) electrons. The van der Waals surface area contributed by atoms with Crippen LogP contribution in [0, 0.1) is 0 Å². The molecule has 2 rings (SSSR count). The van der Waals surface area contributed by atoms with E-state index < -0.39 is 5.60 Å². The SMILES string of the molecule is COCC(C)(C)c1cccc(C2(O)CC2)c1. The van der Waals surface area contributed by atoms with Crippen LogP contribution in [0.5, 0.6) is 0 Å². The summed E-state index contributed by atoms with van der Waals surface area (Å²) >= 11 is 0. The monoisotopic (exact) mass is 220 g/mol. The highest BCUT2D eigenvalue weighted by Crippen LogP contribution is 2.45. The Morgan fingerprint density at radius 2 is 2.06 bits per heavy atom. The minimum Gasteiger partial charge on any atom is -0.385 e. The molecular formula is C14H20O2. The molecule has 1 aromatic rings. The average Bonchev–Trinajstić information content (AvgIpc) is 2.98. The second-order valence-electron chi connectivity index (χ2n) is 5.43. The van der Waals surface area contributed by atoms with Crippen molar-refractivity contribution in [2.75, 3.05) is 13.7 Å². The molecule has 0 amide bonds. The van der Waals surface area contributed by atoms with Gasteiger partial charge in [0, 0.05) is 12.5 Å². The molecule has 0 aliphatic heterocycles. The molecule has 1 aliphatic rings. The minimum atomic E-state index is -0.542. The Kier molecular flexibility index (Phi) is 2.81. The lowest BCUT2D eigenvalue weighted by Gasteiger charge is -2.25. The van der Waals surface area contributed by atoms with Crippen LogP contribution in [0.2, 0.25) is 0 Å². The van der Waals surface area contributed by atoms with Crippen LogP contribution in [-0.2, 0) is 15.8 Å². The van der Waals surface area contributed by atoms with E-state index in [-0.39, 0.29) is 5.41 Å². The smallest absolute Gasteiger partial charge is 0.0899 e. The summed E-state index contributed by atoms with van der Waals surface area (Å²) in [6.45, 7) is 5.01.